The number of likely N-dealkylation sites (N-methyl/N-ethyl adjacent to an activating group) is 1. The fourth-order valence-electron chi connectivity index (χ4n) is 2.84. The molecule has 0 spiro atoms. The van der Waals surface area contributed by atoms with Gasteiger partial charge in [-0.05, 0) is 51.2 Å². The fraction of sp³-hybridized carbons (Fsp3) is 0.381. The van der Waals surface area contributed by atoms with E-state index >= 15 is 0 Å². The molecule has 0 bridgehead atoms. The second kappa shape index (κ2) is 8.17. The summed E-state index contributed by atoms with van der Waals surface area (Å²) in [4.78, 5) is 14.9. The Morgan fingerprint density at radius 3 is 2.40 bits per heavy atom. The first kappa shape index (κ1) is 19.0. The molecule has 4 nitrogen and oxygen atoms in total. The van der Waals surface area contributed by atoms with E-state index in [1.807, 2.05) is 76.5 Å². The van der Waals surface area contributed by atoms with Crippen molar-refractivity contribution >= 4 is 5.91 Å². The SMILES string of the molecule is COc1cccc([C@@H](CNC(=O)C(C)(C)c2ccccc2)N(C)C)c1. The molecule has 1 amide bonds. The van der Waals surface area contributed by atoms with Crippen LogP contribution in [0.3, 0.4) is 0 Å². The molecule has 1 N–H and O–H groups in total. The zero-order valence-corrected chi connectivity index (χ0v) is 15.7. The summed E-state index contributed by atoms with van der Waals surface area (Å²) in [6, 6.07) is 17.9. The van der Waals surface area contributed by atoms with Gasteiger partial charge in [-0.25, -0.2) is 0 Å². The number of rotatable bonds is 7. The van der Waals surface area contributed by atoms with Gasteiger partial charge in [0.15, 0.2) is 0 Å². The Hall–Kier alpha value is -2.33. The van der Waals surface area contributed by atoms with Gasteiger partial charge in [-0.15, -0.1) is 0 Å². The molecular formula is C21H28N2O2. The normalized spacial score (nSPS) is 12.7. The number of ether oxygens (including phenoxy) is 1. The van der Waals surface area contributed by atoms with Gasteiger partial charge in [0.1, 0.15) is 5.75 Å². The Labute approximate surface area is 150 Å². The minimum Gasteiger partial charge on any atom is -0.497 e. The van der Waals surface area contributed by atoms with Crippen LogP contribution >= 0.6 is 0 Å². The number of methoxy groups -OCH3 is 1. The standard InChI is InChI=1S/C21H28N2O2/c1-21(2,17-11-7-6-8-12-17)20(24)22-15-19(23(3)4)16-10-9-13-18(14-16)25-5/h6-14,19H,15H2,1-5H3,(H,22,24)/t19-/m1/s1. The number of nitrogens with one attached hydrogen (secondary N) is 1. The lowest BCUT2D eigenvalue weighted by molar-refractivity contribution is -0.125. The van der Waals surface area contributed by atoms with Crippen LogP contribution in [0.4, 0.5) is 0 Å². The van der Waals surface area contributed by atoms with Crippen molar-refractivity contribution in [1.82, 2.24) is 10.2 Å². The summed E-state index contributed by atoms with van der Waals surface area (Å²) in [6.07, 6.45) is 0. The molecule has 0 aliphatic rings. The molecule has 134 valence electrons. The highest BCUT2D eigenvalue weighted by atomic mass is 16.5. The lowest BCUT2D eigenvalue weighted by atomic mass is 9.83. The van der Waals surface area contributed by atoms with Crippen LogP contribution in [0.5, 0.6) is 5.75 Å². The highest BCUT2D eigenvalue weighted by Gasteiger charge is 2.30. The van der Waals surface area contributed by atoms with Crippen molar-refractivity contribution < 1.29 is 9.53 Å². The third kappa shape index (κ3) is 4.60. The van der Waals surface area contributed by atoms with Gasteiger partial charge in [0.05, 0.1) is 18.6 Å². The third-order valence-corrected chi connectivity index (χ3v) is 4.62. The van der Waals surface area contributed by atoms with Crippen LogP contribution in [0.15, 0.2) is 54.6 Å². The number of carbonyl (C=O) groups excluding carboxylic acids is 1. The van der Waals surface area contributed by atoms with Gasteiger partial charge < -0.3 is 15.0 Å². The highest BCUT2D eigenvalue weighted by Crippen LogP contribution is 2.25. The summed E-state index contributed by atoms with van der Waals surface area (Å²) in [6.45, 7) is 4.44. The van der Waals surface area contributed by atoms with E-state index in [1.54, 1.807) is 7.11 Å². The Kier molecular flexibility index (Phi) is 6.21. The lowest BCUT2D eigenvalue weighted by Gasteiger charge is -2.29. The van der Waals surface area contributed by atoms with Crippen molar-refractivity contribution in [3.05, 3.63) is 65.7 Å². The first-order chi connectivity index (χ1) is 11.9. The van der Waals surface area contributed by atoms with Crippen LogP contribution in [0, 0.1) is 0 Å². The highest BCUT2D eigenvalue weighted by molar-refractivity contribution is 5.87. The number of nitrogens with zero attached hydrogens (tertiary/aromatic N) is 1. The largest absolute Gasteiger partial charge is 0.497 e. The van der Waals surface area contributed by atoms with Gasteiger partial charge in [-0.1, -0.05) is 42.5 Å². The fourth-order valence-corrected chi connectivity index (χ4v) is 2.84. The molecule has 0 aliphatic carbocycles. The van der Waals surface area contributed by atoms with Crippen molar-refractivity contribution in [1.29, 1.82) is 0 Å². The van der Waals surface area contributed by atoms with E-state index in [2.05, 4.69) is 16.3 Å². The molecule has 2 rings (SSSR count). The molecule has 2 aromatic carbocycles. The molecule has 0 saturated carbocycles. The molecule has 2 aromatic rings. The van der Waals surface area contributed by atoms with Crippen molar-refractivity contribution in [2.45, 2.75) is 25.3 Å². The Bertz CT molecular complexity index is 696. The molecule has 0 unspecified atom stereocenters. The summed E-state index contributed by atoms with van der Waals surface area (Å²) < 4.78 is 5.32. The summed E-state index contributed by atoms with van der Waals surface area (Å²) >= 11 is 0. The number of hydrogen-bond acceptors (Lipinski definition) is 3. The van der Waals surface area contributed by atoms with E-state index in [-0.39, 0.29) is 11.9 Å². The average Bonchev–Trinajstić information content (AvgIpc) is 2.62. The molecule has 0 heterocycles. The monoisotopic (exact) mass is 340 g/mol. The van der Waals surface area contributed by atoms with E-state index < -0.39 is 5.41 Å². The van der Waals surface area contributed by atoms with E-state index in [4.69, 9.17) is 4.74 Å². The first-order valence-corrected chi connectivity index (χ1v) is 8.50. The summed E-state index contributed by atoms with van der Waals surface area (Å²) in [5.74, 6) is 0.841. The molecule has 0 aromatic heterocycles. The number of benzene rings is 2. The predicted molar refractivity (Wildman–Crippen MR) is 102 cm³/mol. The zero-order chi connectivity index (χ0) is 18.4. The van der Waals surface area contributed by atoms with Crippen molar-refractivity contribution in [2.75, 3.05) is 27.7 Å². The maximum Gasteiger partial charge on any atom is 0.230 e. The van der Waals surface area contributed by atoms with Crippen molar-refractivity contribution in [3.8, 4) is 5.75 Å². The summed E-state index contributed by atoms with van der Waals surface area (Å²) in [7, 11) is 5.69. The Morgan fingerprint density at radius 2 is 1.80 bits per heavy atom. The topological polar surface area (TPSA) is 41.6 Å². The molecule has 4 heteroatoms. The number of carbonyl (C=O) groups is 1. The van der Waals surface area contributed by atoms with Gasteiger partial charge >= 0.3 is 0 Å². The maximum atomic E-state index is 12.8. The quantitative estimate of drug-likeness (QED) is 0.840. The second-order valence-corrected chi connectivity index (χ2v) is 6.96. The van der Waals surface area contributed by atoms with E-state index in [9.17, 15) is 4.79 Å². The van der Waals surface area contributed by atoms with Gasteiger partial charge in [0.2, 0.25) is 5.91 Å². The molecule has 0 radical (unpaired) electrons. The van der Waals surface area contributed by atoms with Crippen molar-refractivity contribution in [3.63, 3.8) is 0 Å². The van der Waals surface area contributed by atoms with Gasteiger partial charge in [-0.3, -0.25) is 4.79 Å². The number of amides is 1. The first-order valence-electron chi connectivity index (χ1n) is 8.50. The van der Waals surface area contributed by atoms with Crippen LogP contribution in [0.2, 0.25) is 0 Å². The molecule has 0 aliphatic heterocycles. The van der Waals surface area contributed by atoms with Crippen LogP contribution in [-0.4, -0.2) is 38.6 Å². The van der Waals surface area contributed by atoms with Crippen LogP contribution in [0.25, 0.3) is 0 Å². The maximum absolute atomic E-state index is 12.8. The zero-order valence-electron chi connectivity index (χ0n) is 15.7. The minimum atomic E-state index is -0.577. The second-order valence-electron chi connectivity index (χ2n) is 6.96. The van der Waals surface area contributed by atoms with Gasteiger partial charge in [-0.2, -0.15) is 0 Å². The van der Waals surface area contributed by atoms with Crippen molar-refractivity contribution in [2.24, 2.45) is 0 Å². The summed E-state index contributed by atoms with van der Waals surface area (Å²) in [5.41, 5.74) is 1.55. The molecule has 1 atom stereocenters. The molecule has 0 saturated heterocycles. The average molecular weight is 340 g/mol. The molecule has 0 fully saturated rings. The van der Waals surface area contributed by atoms with Gasteiger partial charge in [0, 0.05) is 6.54 Å². The van der Waals surface area contributed by atoms with E-state index in [0.717, 1.165) is 16.9 Å². The summed E-state index contributed by atoms with van der Waals surface area (Å²) in [5, 5.41) is 3.12. The van der Waals surface area contributed by atoms with Crippen LogP contribution < -0.4 is 10.1 Å². The van der Waals surface area contributed by atoms with E-state index in [1.165, 1.54) is 0 Å². The number of hydrogen-bond donors (Lipinski definition) is 1. The molecular weight excluding hydrogens is 312 g/mol. The minimum absolute atomic E-state index is 0.0217. The molecule has 25 heavy (non-hydrogen) atoms. The van der Waals surface area contributed by atoms with Gasteiger partial charge in [0.25, 0.3) is 0 Å². The smallest absolute Gasteiger partial charge is 0.230 e. The third-order valence-electron chi connectivity index (χ3n) is 4.62. The van der Waals surface area contributed by atoms with Crippen LogP contribution in [-0.2, 0) is 10.2 Å². The Balaban J connectivity index is 2.12. The Morgan fingerprint density at radius 1 is 1.12 bits per heavy atom. The van der Waals surface area contributed by atoms with Crippen LogP contribution in [0.1, 0.15) is 31.0 Å². The predicted octanol–water partition coefficient (Wildman–Crippen LogP) is 3.39. The van der Waals surface area contributed by atoms with E-state index in [0.29, 0.717) is 6.54 Å². The lowest BCUT2D eigenvalue weighted by Crippen LogP contribution is -2.43.